The maximum absolute atomic E-state index is 3.74. The van der Waals surface area contributed by atoms with Crippen molar-refractivity contribution in [1.29, 1.82) is 0 Å². The van der Waals surface area contributed by atoms with Gasteiger partial charge in [0.15, 0.2) is 0 Å². The van der Waals surface area contributed by atoms with Gasteiger partial charge in [-0.1, -0.05) is 20.8 Å². The SMILES string of the molecule is CCN1CCN(CC2NCCCC2(C)C)CC1C. The van der Waals surface area contributed by atoms with E-state index in [9.17, 15) is 0 Å². The molecule has 2 atom stereocenters. The molecule has 3 nitrogen and oxygen atoms in total. The van der Waals surface area contributed by atoms with Gasteiger partial charge in [0.2, 0.25) is 0 Å². The molecule has 2 heterocycles. The summed E-state index contributed by atoms with van der Waals surface area (Å²) in [5, 5.41) is 3.74. The molecule has 0 bridgehead atoms. The van der Waals surface area contributed by atoms with Crippen LogP contribution in [0.2, 0.25) is 0 Å². The Hall–Kier alpha value is -0.120. The Bertz CT molecular complexity index is 264. The van der Waals surface area contributed by atoms with Crippen LogP contribution in [0.1, 0.15) is 40.5 Å². The second-order valence-electron chi connectivity index (χ2n) is 6.84. The molecule has 0 aromatic heterocycles. The fourth-order valence-electron chi connectivity index (χ4n) is 3.55. The number of piperidine rings is 1. The lowest BCUT2D eigenvalue weighted by Crippen LogP contribution is -2.58. The predicted octanol–water partition coefficient (Wildman–Crippen LogP) is 1.79. The zero-order valence-corrected chi connectivity index (χ0v) is 12.7. The highest BCUT2D eigenvalue weighted by Crippen LogP contribution is 2.30. The third kappa shape index (κ3) is 3.25. The molecule has 2 unspecified atom stereocenters. The molecule has 2 saturated heterocycles. The van der Waals surface area contributed by atoms with E-state index in [0.717, 1.165) is 6.04 Å². The molecular weight excluding hydrogens is 222 g/mol. The number of likely N-dealkylation sites (N-methyl/N-ethyl adjacent to an activating group) is 1. The van der Waals surface area contributed by atoms with E-state index >= 15 is 0 Å². The summed E-state index contributed by atoms with van der Waals surface area (Å²) >= 11 is 0. The Labute approximate surface area is 113 Å². The molecule has 0 aromatic rings. The zero-order chi connectivity index (χ0) is 13.2. The minimum atomic E-state index is 0.462. The van der Waals surface area contributed by atoms with E-state index in [2.05, 4.69) is 42.8 Å². The molecular formula is C15H31N3. The van der Waals surface area contributed by atoms with Crippen molar-refractivity contribution in [2.24, 2.45) is 5.41 Å². The molecule has 1 N–H and O–H groups in total. The first-order valence-electron chi connectivity index (χ1n) is 7.72. The fourth-order valence-corrected chi connectivity index (χ4v) is 3.55. The van der Waals surface area contributed by atoms with Crippen LogP contribution in [-0.2, 0) is 0 Å². The van der Waals surface area contributed by atoms with E-state index in [-0.39, 0.29) is 0 Å². The van der Waals surface area contributed by atoms with E-state index in [4.69, 9.17) is 0 Å². The summed E-state index contributed by atoms with van der Waals surface area (Å²) in [5.41, 5.74) is 0.462. The molecule has 3 heteroatoms. The number of piperazine rings is 1. The summed E-state index contributed by atoms with van der Waals surface area (Å²) in [7, 11) is 0. The number of nitrogens with one attached hydrogen (secondary N) is 1. The number of nitrogens with zero attached hydrogens (tertiary/aromatic N) is 2. The Morgan fingerprint density at radius 3 is 2.67 bits per heavy atom. The maximum atomic E-state index is 3.74. The van der Waals surface area contributed by atoms with Gasteiger partial charge < -0.3 is 5.32 Å². The topological polar surface area (TPSA) is 18.5 Å². The van der Waals surface area contributed by atoms with Crippen LogP contribution in [0.4, 0.5) is 0 Å². The van der Waals surface area contributed by atoms with Gasteiger partial charge in [-0.3, -0.25) is 9.80 Å². The van der Waals surface area contributed by atoms with Crippen molar-refractivity contribution in [3.05, 3.63) is 0 Å². The van der Waals surface area contributed by atoms with Crippen molar-refractivity contribution >= 4 is 0 Å². The molecule has 2 aliphatic heterocycles. The van der Waals surface area contributed by atoms with Gasteiger partial charge in [0, 0.05) is 38.3 Å². The Balaban J connectivity index is 1.86. The third-order valence-electron chi connectivity index (χ3n) is 5.03. The van der Waals surface area contributed by atoms with Crippen LogP contribution in [0.3, 0.4) is 0 Å². The third-order valence-corrected chi connectivity index (χ3v) is 5.03. The van der Waals surface area contributed by atoms with Crippen molar-refractivity contribution < 1.29 is 0 Å². The van der Waals surface area contributed by atoms with Crippen molar-refractivity contribution in [3.63, 3.8) is 0 Å². The van der Waals surface area contributed by atoms with Gasteiger partial charge in [-0.15, -0.1) is 0 Å². The highest BCUT2D eigenvalue weighted by molar-refractivity contribution is 4.91. The van der Waals surface area contributed by atoms with E-state index in [1.54, 1.807) is 0 Å². The minimum Gasteiger partial charge on any atom is -0.312 e. The smallest absolute Gasteiger partial charge is 0.0246 e. The maximum Gasteiger partial charge on any atom is 0.0246 e. The minimum absolute atomic E-state index is 0.462. The lowest BCUT2D eigenvalue weighted by Gasteiger charge is -2.45. The standard InChI is InChI=1S/C15H31N3/c1-5-18-10-9-17(11-13(18)2)12-14-15(3,4)7-6-8-16-14/h13-14,16H,5-12H2,1-4H3. The monoisotopic (exact) mass is 253 g/mol. The molecule has 106 valence electrons. The first-order chi connectivity index (χ1) is 8.53. The molecule has 18 heavy (non-hydrogen) atoms. The predicted molar refractivity (Wildman–Crippen MR) is 78.0 cm³/mol. The van der Waals surface area contributed by atoms with Gasteiger partial charge in [0.1, 0.15) is 0 Å². The summed E-state index contributed by atoms with van der Waals surface area (Å²) in [6, 6.07) is 1.39. The molecule has 0 aromatic carbocycles. The second-order valence-corrected chi connectivity index (χ2v) is 6.84. The highest BCUT2D eigenvalue weighted by atomic mass is 15.3. The van der Waals surface area contributed by atoms with Gasteiger partial charge in [-0.05, 0) is 38.3 Å². The van der Waals surface area contributed by atoms with Crippen molar-refractivity contribution in [2.45, 2.75) is 52.6 Å². The summed E-state index contributed by atoms with van der Waals surface area (Å²) in [6.07, 6.45) is 2.71. The number of rotatable bonds is 3. The summed E-state index contributed by atoms with van der Waals surface area (Å²) < 4.78 is 0. The van der Waals surface area contributed by atoms with Crippen LogP contribution in [0.15, 0.2) is 0 Å². The lowest BCUT2D eigenvalue weighted by molar-refractivity contribution is 0.0573. The van der Waals surface area contributed by atoms with Crippen LogP contribution < -0.4 is 5.32 Å². The first-order valence-corrected chi connectivity index (χ1v) is 7.72. The van der Waals surface area contributed by atoms with Crippen LogP contribution in [0, 0.1) is 5.41 Å². The van der Waals surface area contributed by atoms with Gasteiger partial charge in [-0.2, -0.15) is 0 Å². The van der Waals surface area contributed by atoms with Crippen molar-refractivity contribution in [2.75, 3.05) is 39.3 Å². The van der Waals surface area contributed by atoms with Crippen LogP contribution in [0.5, 0.6) is 0 Å². The van der Waals surface area contributed by atoms with Crippen molar-refractivity contribution in [3.8, 4) is 0 Å². The van der Waals surface area contributed by atoms with Gasteiger partial charge in [-0.25, -0.2) is 0 Å². The molecule has 2 aliphatic rings. The van der Waals surface area contributed by atoms with E-state index in [0.29, 0.717) is 11.5 Å². The van der Waals surface area contributed by atoms with Crippen LogP contribution in [-0.4, -0.2) is 61.2 Å². The van der Waals surface area contributed by atoms with Gasteiger partial charge in [0.25, 0.3) is 0 Å². The molecule has 0 saturated carbocycles. The van der Waals surface area contributed by atoms with Crippen LogP contribution in [0.25, 0.3) is 0 Å². The van der Waals surface area contributed by atoms with Gasteiger partial charge in [0.05, 0.1) is 0 Å². The fraction of sp³-hybridized carbons (Fsp3) is 1.00. The number of hydrogen-bond donors (Lipinski definition) is 1. The summed E-state index contributed by atoms with van der Waals surface area (Å²) in [4.78, 5) is 5.26. The Morgan fingerprint density at radius 2 is 2.06 bits per heavy atom. The number of hydrogen-bond acceptors (Lipinski definition) is 3. The van der Waals surface area contributed by atoms with E-state index in [1.165, 1.54) is 52.1 Å². The molecule has 0 amide bonds. The lowest BCUT2D eigenvalue weighted by atomic mass is 9.77. The molecule has 0 aliphatic carbocycles. The van der Waals surface area contributed by atoms with E-state index < -0.39 is 0 Å². The van der Waals surface area contributed by atoms with Crippen LogP contribution >= 0.6 is 0 Å². The van der Waals surface area contributed by atoms with Gasteiger partial charge >= 0.3 is 0 Å². The van der Waals surface area contributed by atoms with Crippen molar-refractivity contribution in [1.82, 2.24) is 15.1 Å². The molecule has 0 spiro atoms. The summed E-state index contributed by atoms with van der Waals surface area (Å²) in [6.45, 7) is 16.9. The van der Waals surface area contributed by atoms with E-state index in [1.807, 2.05) is 0 Å². The first kappa shape index (κ1) is 14.3. The summed E-state index contributed by atoms with van der Waals surface area (Å²) in [5.74, 6) is 0. The average molecular weight is 253 g/mol. The Morgan fingerprint density at radius 1 is 1.28 bits per heavy atom. The Kier molecular flexibility index (Phi) is 4.68. The second kappa shape index (κ2) is 5.89. The molecule has 2 rings (SSSR count). The highest BCUT2D eigenvalue weighted by Gasteiger charge is 2.34. The quantitative estimate of drug-likeness (QED) is 0.827. The zero-order valence-electron chi connectivity index (χ0n) is 12.7. The molecule has 2 fully saturated rings. The normalized spacial score (nSPS) is 34.7. The largest absolute Gasteiger partial charge is 0.312 e. The average Bonchev–Trinajstić information content (AvgIpc) is 2.32. The molecule has 0 radical (unpaired) electrons.